The summed E-state index contributed by atoms with van der Waals surface area (Å²) in [5, 5.41) is 6.12. The Morgan fingerprint density at radius 1 is 0.533 bits per heavy atom. The molecule has 0 radical (unpaired) electrons. The Morgan fingerprint density at radius 3 is 2.09 bits per heavy atom. The van der Waals surface area contributed by atoms with Crippen LogP contribution in [0.1, 0.15) is 34.7 Å². The van der Waals surface area contributed by atoms with Gasteiger partial charge in [0.15, 0.2) is 0 Å². The van der Waals surface area contributed by atoms with Crippen molar-refractivity contribution in [3.05, 3.63) is 173 Å². The normalized spacial score (nSPS) is 15.8. The van der Waals surface area contributed by atoms with Gasteiger partial charge in [0.25, 0.3) is 0 Å². The zero-order valence-electron chi connectivity index (χ0n) is 24.7. The van der Waals surface area contributed by atoms with Crippen molar-refractivity contribution in [2.24, 2.45) is 4.99 Å². The van der Waals surface area contributed by atoms with Crippen LogP contribution < -0.4 is 5.32 Å². The van der Waals surface area contributed by atoms with Gasteiger partial charge in [-0.25, -0.2) is 0 Å². The van der Waals surface area contributed by atoms with Crippen molar-refractivity contribution < 1.29 is 4.42 Å². The molecule has 0 saturated heterocycles. The minimum atomic E-state index is -0.0402. The summed E-state index contributed by atoms with van der Waals surface area (Å²) in [6.07, 6.45) is 2.02. The van der Waals surface area contributed by atoms with Gasteiger partial charge in [0.2, 0.25) is 0 Å². The molecule has 1 aliphatic carbocycles. The van der Waals surface area contributed by atoms with Gasteiger partial charge in [-0.2, -0.15) is 0 Å². The fraction of sp³-hybridized carbons (Fsp3) is 0.0714. The topological polar surface area (TPSA) is 37.5 Å². The van der Waals surface area contributed by atoms with Gasteiger partial charge in [0.05, 0.1) is 0 Å². The van der Waals surface area contributed by atoms with E-state index in [1.165, 1.54) is 33.5 Å². The molecule has 2 heterocycles. The lowest BCUT2D eigenvalue weighted by molar-refractivity contribution is 0.669. The first-order valence-corrected chi connectivity index (χ1v) is 15.6. The summed E-state index contributed by atoms with van der Waals surface area (Å²) < 4.78 is 6.29. The number of hydrogen-bond acceptors (Lipinski definition) is 3. The molecule has 45 heavy (non-hydrogen) atoms. The fourth-order valence-electron chi connectivity index (χ4n) is 7.02. The van der Waals surface area contributed by atoms with E-state index in [1.54, 1.807) is 0 Å². The predicted molar refractivity (Wildman–Crippen MR) is 185 cm³/mol. The zero-order chi connectivity index (χ0) is 29.7. The number of furan rings is 1. The van der Waals surface area contributed by atoms with Gasteiger partial charge < -0.3 is 9.73 Å². The Bertz CT molecular complexity index is 2290. The Balaban J connectivity index is 1.22. The van der Waals surface area contributed by atoms with Gasteiger partial charge >= 0.3 is 0 Å². The van der Waals surface area contributed by atoms with Crippen molar-refractivity contribution in [3.63, 3.8) is 0 Å². The lowest BCUT2D eigenvalue weighted by Gasteiger charge is -2.33. The third-order valence-corrected chi connectivity index (χ3v) is 9.24. The first-order chi connectivity index (χ1) is 22.3. The Kier molecular flexibility index (Phi) is 6.02. The molecule has 1 atom stereocenters. The number of rotatable bonds is 4. The molecule has 3 heteroatoms. The van der Waals surface area contributed by atoms with E-state index in [-0.39, 0.29) is 6.04 Å². The molecular weight excluding hydrogens is 548 g/mol. The van der Waals surface area contributed by atoms with Crippen molar-refractivity contribution in [1.29, 1.82) is 0 Å². The number of hydrogen-bond donors (Lipinski definition) is 1. The molecule has 9 rings (SSSR count). The van der Waals surface area contributed by atoms with E-state index >= 15 is 0 Å². The second-order valence-corrected chi connectivity index (χ2v) is 11.9. The summed E-state index contributed by atoms with van der Waals surface area (Å²) in [5.74, 6) is 0.892. The molecular formula is C42H30N2O. The third kappa shape index (κ3) is 4.47. The second kappa shape index (κ2) is 10.5. The van der Waals surface area contributed by atoms with Crippen LogP contribution in [0.5, 0.6) is 0 Å². The van der Waals surface area contributed by atoms with Crippen LogP contribution in [0.4, 0.5) is 0 Å². The molecule has 3 nitrogen and oxygen atoms in total. The van der Waals surface area contributed by atoms with E-state index in [1.807, 2.05) is 12.1 Å². The summed E-state index contributed by atoms with van der Waals surface area (Å²) in [4.78, 5) is 5.46. The SMILES string of the molecule is c1ccc(-c2cc(C3=NC(c4ccccc4)C4=C(N3)c3ccccc3CC4)cc(-c3ccc4c(c3)oc3ccccc34)c2)cc1. The van der Waals surface area contributed by atoms with Crippen LogP contribution in [0, 0.1) is 0 Å². The summed E-state index contributed by atoms with van der Waals surface area (Å²) in [5.41, 5.74) is 13.9. The highest BCUT2D eigenvalue weighted by atomic mass is 16.3. The van der Waals surface area contributed by atoms with Crippen LogP contribution in [0.25, 0.3) is 49.9 Å². The van der Waals surface area contributed by atoms with Gasteiger partial charge in [0.1, 0.15) is 23.0 Å². The number of nitrogens with one attached hydrogen (secondary N) is 1. The first-order valence-electron chi connectivity index (χ1n) is 15.6. The van der Waals surface area contributed by atoms with Crippen molar-refractivity contribution in [2.45, 2.75) is 18.9 Å². The Hall–Kier alpha value is -5.67. The molecule has 1 aromatic heterocycles. The third-order valence-electron chi connectivity index (χ3n) is 9.24. The molecule has 6 aromatic carbocycles. The number of benzene rings is 6. The van der Waals surface area contributed by atoms with Crippen molar-refractivity contribution in [3.8, 4) is 22.3 Å². The molecule has 0 bridgehead atoms. The minimum absolute atomic E-state index is 0.0402. The van der Waals surface area contributed by atoms with Crippen molar-refractivity contribution in [2.75, 3.05) is 0 Å². The maximum atomic E-state index is 6.29. The highest BCUT2D eigenvalue weighted by molar-refractivity contribution is 6.08. The Labute approximate surface area is 262 Å². The predicted octanol–water partition coefficient (Wildman–Crippen LogP) is 10.4. The van der Waals surface area contributed by atoms with Crippen LogP contribution >= 0.6 is 0 Å². The highest BCUT2D eigenvalue weighted by Crippen LogP contribution is 2.42. The largest absolute Gasteiger partial charge is 0.456 e. The monoisotopic (exact) mass is 578 g/mol. The van der Waals surface area contributed by atoms with Crippen molar-refractivity contribution >= 4 is 33.5 Å². The van der Waals surface area contributed by atoms with Gasteiger partial charge in [0, 0.05) is 27.6 Å². The molecule has 7 aromatic rings. The van der Waals surface area contributed by atoms with Gasteiger partial charge in [-0.1, -0.05) is 109 Å². The van der Waals surface area contributed by atoms with Crippen LogP contribution in [0.15, 0.2) is 161 Å². The molecule has 0 saturated carbocycles. The summed E-state index contributed by atoms with van der Waals surface area (Å²) in [6.45, 7) is 0. The van der Waals surface area contributed by atoms with E-state index in [0.29, 0.717) is 0 Å². The molecule has 0 amide bonds. The summed E-state index contributed by atoms with van der Waals surface area (Å²) in [6, 6.07) is 51.7. The fourth-order valence-corrected chi connectivity index (χ4v) is 7.02. The number of amidine groups is 1. The lowest BCUT2D eigenvalue weighted by Crippen LogP contribution is -2.32. The number of fused-ring (bicyclic) bond motifs is 5. The molecule has 2 aliphatic rings. The molecule has 0 spiro atoms. The lowest BCUT2D eigenvalue weighted by atomic mass is 9.82. The summed E-state index contributed by atoms with van der Waals surface area (Å²) in [7, 11) is 0. The second-order valence-electron chi connectivity index (χ2n) is 11.9. The van der Waals surface area contributed by atoms with Crippen LogP contribution in [-0.2, 0) is 6.42 Å². The van der Waals surface area contributed by atoms with Crippen LogP contribution in [-0.4, -0.2) is 5.84 Å². The molecule has 0 fully saturated rings. The van der Waals surface area contributed by atoms with Gasteiger partial charge in [-0.15, -0.1) is 0 Å². The quantitative estimate of drug-likeness (QED) is 0.226. The number of para-hydroxylation sites is 1. The first kappa shape index (κ1) is 25.8. The van der Waals surface area contributed by atoms with Gasteiger partial charge in [-0.05, 0) is 88.2 Å². The van der Waals surface area contributed by atoms with E-state index in [0.717, 1.165) is 62.9 Å². The molecule has 1 aliphatic heterocycles. The van der Waals surface area contributed by atoms with E-state index in [2.05, 4.69) is 139 Å². The molecule has 1 unspecified atom stereocenters. The Morgan fingerprint density at radius 2 is 1.22 bits per heavy atom. The van der Waals surface area contributed by atoms with E-state index in [9.17, 15) is 0 Å². The van der Waals surface area contributed by atoms with E-state index in [4.69, 9.17) is 9.41 Å². The average molecular weight is 579 g/mol. The maximum absolute atomic E-state index is 6.29. The zero-order valence-corrected chi connectivity index (χ0v) is 24.7. The molecule has 214 valence electrons. The number of aliphatic imine (C=N–C) groups is 1. The molecule has 1 N–H and O–H groups in total. The maximum Gasteiger partial charge on any atom is 0.136 e. The standard InChI is InChI=1S/C42H30N2O/c1-3-11-27(12-4-1)31-23-32(30-20-21-36-35-17-9-10-18-38(35)45-39(36)26-30)25-33(24-31)42-43-40(29-14-5-2-6-15-29)37-22-19-28-13-7-8-16-34(28)41(37)44-42/h1-18,20-21,23-26,40H,19,22H2,(H,43,44). The summed E-state index contributed by atoms with van der Waals surface area (Å²) >= 11 is 0. The number of aryl methyl sites for hydroxylation is 1. The van der Waals surface area contributed by atoms with Crippen LogP contribution in [0.3, 0.4) is 0 Å². The highest BCUT2D eigenvalue weighted by Gasteiger charge is 2.30. The number of nitrogens with zero attached hydrogens (tertiary/aromatic N) is 1. The van der Waals surface area contributed by atoms with Crippen molar-refractivity contribution in [1.82, 2.24) is 5.32 Å². The van der Waals surface area contributed by atoms with Gasteiger partial charge in [-0.3, -0.25) is 4.99 Å². The van der Waals surface area contributed by atoms with Crippen LogP contribution in [0.2, 0.25) is 0 Å². The van der Waals surface area contributed by atoms with E-state index < -0.39 is 0 Å². The average Bonchev–Trinajstić information content (AvgIpc) is 3.49. The smallest absolute Gasteiger partial charge is 0.136 e. The minimum Gasteiger partial charge on any atom is -0.456 e.